The number of rotatable bonds is 8. The lowest BCUT2D eigenvalue weighted by Gasteiger charge is -2.34. The van der Waals surface area contributed by atoms with Gasteiger partial charge in [-0.3, -0.25) is 14.7 Å². The molecule has 3 heterocycles. The highest BCUT2D eigenvalue weighted by Crippen LogP contribution is 2.30. The monoisotopic (exact) mass is 505 g/mol. The largest absolute Gasteiger partial charge is 0.486 e. The van der Waals surface area contributed by atoms with Gasteiger partial charge in [-0.05, 0) is 30.7 Å². The number of fused-ring (bicyclic) bond motifs is 2. The van der Waals surface area contributed by atoms with Crippen molar-refractivity contribution in [3.05, 3.63) is 107 Å². The summed E-state index contributed by atoms with van der Waals surface area (Å²) in [5, 5.41) is 1.72. The van der Waals surface area contributed by atoms with Crippen molar-refractivity contribution in [2.75, 3.05) is 39.3 Å². The minimum absolute atomic E-state index is 0.124. The number of ether oxygens (including phenoxy) is 1. The van der Waals surface area contributed by atoms with Crippen molar-refractivity contribution < 1.29 is 9.15 Å². The van der Waals surface area contributed by atoms with E-state index < -0.39 is 0 Å². The number of hydrogen-bond donors (Lipinski definition) is 0. The molecule has 5 aromatic rings. The number of piperazine rings is 1. The molecule has 192 valence electrons. The van der Waals surface area contributed by atoms with Crippen LogP contribution in [0.1, 0.15) is 12.1 Å². The lowest BCUT2D eigenvalue weighted by Crippen LogP contribution is -2.46. The molecule has 0 aliphatic carbocycles. The molecule has 1 saturated heterocycles. The maximum atomic E-state index is 13.3. The second-order valence-corrected chi connectivity index (χ2v) is 9.77. The number of benzene rings is 3. The van der Waals surface area contributed by atoms with Crippen molar-refractivity contribution in [3.8, 4) is 17.1 Å². The number of para-hydroxylation sites is 2. The molecule has 6 rings (SSSR count). The van der Waals surface area contributed by atoms with Gasteiger partial charge in [-0.2, -0.15) is 0 Å². The molecule has 0 saturated carbocycles. The fraction of sp³-hybridized carbons (Fsp3) is 0.250. The summed E-state index contributed by atoms with van der Waals surface area (Å²) in [4.78, 5) is 23.0. The van der Waals surface area contributed by atoms with E-state index in [4.69, 9.17) is 14.1 Å². The molecule has 6 heteroatoms. The van der Waals surface area contributed by atoms with Crippen LogP contribution in [-0.4, -0.2) is 54.1 Å². The van der Waals surface area contributed by atoms with E-state index in [1.54, 1.807) is 6.07 Å². The standard InChI is InChI=1S/C32H31N3O3/c36-30-27-12-5-7-14-29(27)38-31(25-10-2-1-3-11-25)32(30)37-22-8-17-34-18-20-35(21-19-34)23-26-16-15-24-9-4-6-13-28(24)33-26/h1-7,9-16H,8,17-23H2. The van der Waals surface area contributed by atoms with Crippen molar-refractivity contribution in [2.24, 2.45) is 0 Å². The first kappa shape index (κ1) is 24.3. The van der Waals surface area contributed by atoms with Crippen LogP contribution in [-0.2, 0) is 6.54 Å². The fourth-order valence-electron chi connectivity index (χ4n) is 5.09. The minimum atomic E-state index is -0.124. The predicted octanol–water partition coefficient (Wildman–Crippen LogP) is 5.59. The summed E-state index contributed by atoms with van der Waals surface area (Å²) in [6.07, 6.45) is 0.840. The molecular formula is C32H31N3O3. The number of hydrogen-bond acceptors (Lipinski definition) is 6. The topological polar surface area (TPSA) is 58.8 Å². The van der Waals surface area contributed by atoms with E-state index in [1.807, 2.05) is 60.7 Å². The first-order valence-corrected chi connectivity index (χ1v) is 13.3. The van der Waals surface area contributed by atoms with Crippen LogP contribution in [0.2, 0.25) is 0 Å². The van der Waals surface area contributed by atoms with Crippen LogP contribution in [0.5, 0.6) is 5.75 Å². The van der Waals surface area contributed by atoms with E-state index in [1.165, 1.54) is 5.39 Å². The lowest BCUT2D eigenvalue weighted by atomic mass is 10.1. The first-order valence-electron chi connectivity index (χ1n) is 13.3. The summed E-state index contributed by atoms with van der Waals surface area (Å²) >= 11 is 0. The van der Waals surface area contributed by atoms with E-state index in [9.17, 15) is 4.79 Å². The van der Waals surface area contributed by atoms with Crippen LogP contribution in [0.3, 0.4) is 0 Å². The Morgan fingerprint density at radius 2 is 1.53 bits per heavy atom. The highest BCUT2D eigenvalue weighted by atomic mass is 16.5. The van der Waals surface area contributed by atoms with Gasteiger partial charge in [0.15, 0.2) is 5.76 Å². The molecule has 1 aliphatic heterocycles. The Balaban J connectivity index is 1.04. The Hall–Kier alpha value is -4.00. The molecule has 0 atom stereocenters. The molecule has 1 fully saturated rings. The SMILES string of the molecule is O=c1c(OCCCN2CCN(Cc3ccc4ccccc4n3)CC2)c(-c2ccccc2)oc2ccccc12. The van der Waals surface area contributed by atoms with Crippen molar-refractivity contribution in [1.29, 1.82) is 0 Å². The summed E-state index contributed by atoms with van der Waals surface area (Å²) in [5.41, 5.74) is 3.46. The van der Waals surface area contributed by atoms with Crippen LogP contribution in [0.15, 0.2) is 100 Å². The molecule has 0 amide bonds. The van der Waals surface area contributed by atoms with Gasteiger partial charge in [-0.15, -0.1) is 0 Å². The zero-order valence-electron chi connectivity index (χ0n) is 21.4. The van der Waals surface area contributed by atoms with Crippen LogP contribution >= 0.6 is 0 Å². The summed E-state index contributed by atoms with van der Waals surface area (Å²) < 4.78 is 12.3. The van der Waals surface area contributed by atoms with Crippen LogP contribution in [0, 0.1) is 0 Å². The third-order valence-electron chi connectivity index (χ3n) is 7.16. The third kappa shape index (κ3) is 5.32. The molecule has 0 unspecified atom stereocenters. The third-order valence-corrected chi connectivity index (χ3v) is 7.16. The van der Waals surface area contributed by atoms with Gasteiger partial charge < -0.3 is 14.1 Å². The summed E-state index contributed by atoms with van der Waals surface area (Å²) in [7, 11) is 0. The second kappa shape index (κ2) is 11.2. The average Bonchev–Trinajstić information content (AvgIpc) is 2.97. The molecule has 0 spiro atoms. The van der Waals surface area contributed by atoms with E-state index >= 15 is 0 Å². The Morgan fingerprint density at radius 1 is 0.789 bits per heavy atom. The minimum Gasteiger partial charge on any atom is -0.486 e. The maximum absolute atomic E-state index is 13.3. The molecular weight excluding hydrogens is 474 g/mol. The van der Waals surface area contributed by atoms with Gasteiger partial charge in [-0.25, -0.2) is 0 Å². The Kier molecular flexibility index (Phi) is 7.16. The van der Waals surface area contributed by atoms with Crippen LogP contribution < -0.4 is 10.2 Å². The molecule has 0 N–H and O–H groups in total. The van der Waals surface area contributed by atoms with Crippen molar-refractivity contribution >= 4 is 21.9 Å². The highest BCUT2D eigenvalue weighted by Gasteiger charge is 2.19. The van der Waals surface area contributed by atoms with Gasteiger partial charge in [0.25, 0.3) is 0 Å². The fourth-order valence-corrected chi connectivity index (χ4v) is 5.09. The number of pyridine rings is 1. The highest BCUT2D eigenvalue weighted by molar-refractivity contribution is 5.82. The van der Waals surface area contributed by atoms with Crippen molar-refractivity contribution in [1.82, 2.24) is 14.8 Å². The van der Waals surface area contributed by atoms with E-state index in [0.29, 0.717) is 29.1 Å². The predicted molar refractivity (Wildman–Crippen MR) is 151 cm³/mol. The van der Waals surface area contributed by atoms with Gasteiger partial charge in [0, 0.05) is 50.2 Å². The average molecular weight is 506 g/mol. The smallest absolute Gasteiger partial charge is 0.235 e. The quantitative estimate of drug-likeness (QED) is 0.256. The van der Waals surface area contributed by atoms with Gasteiger partial charge >= 0.3 is 0 Å². The summed E-state index contributed by atoms with van der Waals surface area (Å²) in [6.45, 7) is 6.33. The molecule has 1 aliphatic rings. The molecule has 38 heavy (non-hydrogen) atoms. The zero-order chi connectivity index (χ0) is 25.7. The maximum Gasteiger partial charge on any atom is 0.235 e. The second-order valence-electron chi connectivity index (χ2n) is 9.77. The van der Waals surface area contributed by atoms with Crippen molar-refractivity contribution in [2.45, 2.75) is 13.0 Å². The van der Waals surface area contributed by atoms with Crippen molar-refractivity contribution in [3.63, 3.8) is 0 Å². The molecule has 3 aromatic carbocycles. The number of nitrogens with zero attached hydrogens (tertiary/aromatic N) is 3. The molecule has 0 radical (unpaired) electrons. The Morgan fingerprint density at radius 3 is 2.39 bits per heavy atom. The lowest BCUT2D eigenvalue weighted by molar-refractivity contribution is 0.120. The van der Waals surface area contributed by atoms with E-state index in [0.717, 1.165) is 62.5 Å². The molecule has 6 nitrogen and oxygen atoms in total. The Bertz CT molecular complexity index is 1590. The Labute approximate surface area is 222 Å². The van der Waals surface area contributed by atoms with Gasteiger partial charge in [0.1, 0.15) is 5.58 Å². The zero-order valence-corrected chi connectivity index (χ0v) is 21.4. The van der Waals surface area contributed by atoms with E-state index in [-0.39, 0.29) is 5.43 Å². The van der Waals surface area contributed by atoms with Gasteiger partial charge in [-0.1, -0.05) is 66.7 Å². The van der Waals surface area contributed by atoms with Crippen LogP contribution in [0.4, 0.5) is 0 Å². The van der Waals surface area contributed by atoms with Gasteiger partial charge in [0.05, 0.1) is 23.2 Å². The first-order chi connectivity index (χ1) is 18.7. The molecule has 2 aromatic heterocycles. The van der Waals surface area contributed by atoms with Gasteiger partial charge in [0.2, 0.25) is 11.2 Å². The summed E-state index contributed by atoms with van der Waals surface area (Å²) in [6, 6.07) is 29.6. The summed E-state index contributed by atoms with van der Waals surface area (Å²) in [5.74, 6) is 0.785. The van der Waals surface area contributed by atoms with E-state index in [2.05, 4.69) is 34.1 Å². The number of aromatic nitrogens is 1. The molecule has 0 bridgehead atoms. The van der Waals surface area contributed by atoms with Crippen LogP contribution in [0.25, 0.3) is 33.2 Å². The normalized spacial score (nSPS) is 14.7.